The van der Waals surface area contributed by atoms with E-state index in [2.05, 4.69) is 26.6 Å². The Morgan fingerprint density at radius 1 is 0.733 bits per heavy atom. The molecule has 306 valence electrons. The number of phenolic OH excluding ortho intramolecular Hbond substituents is 1. The van der Waals surface area contributed by atoms with E-state index in [0.29, 0.717) is 11.3 Å². The fourth-order valence-corrected chi connectivity index (χ4v) is 5.63. The molecule has 0 saturated heterocycles. The first-order valence-electron chi connectivity index (χ1n) is 18.0. The van der Waals surface area contributed by atoms with Crippen molar-refractivity contribution in [3.8, 4) is 17.6 Å². The Hall–Kier alpha value is -8.46. The molecule has 5 rings (SSSR count). The molecule has 5 aromatic rings. The topological polar surface area (TPSA) is 284 Å². The third-order valence-electron chi connectivity index (χ3n) is 8.58. The molecule has 1 atom stereocenters. The van der Waals surface area contributed by atoms with Crippen molar-refractivity contribution < 1.29 is 48.5 Å². The number of hydrogen-bond donors (Lipinski definition) is 8. The quantitative estimate of drug-likeness (QED) is 0.0730. The second-order valence-corrected chi connectivity index (χ2v) is 13.4. The van der Waals surface area contributed by atoms with Crippen molar-refractivity contribution in [1.82, 2.24) is 9.88 Å². The highest BCUT2D eigenvalue weighted by Gasteiger charge is 2.25. The first-order valence-corrected chi connectivity index (χ1v) is 18.0. The molecule has 1 aromatic heterocycles. The minimum Gasteiger partial charge on any atom is -0.504 e. The van der Waals surface area contributed by atoms with Crippen LogP contribution in [0.2, 0.25) is 0 Å². The number of rotatable bonds is 15. The zero-order valence-electron chi connectivity index (χ0n) is 32.2. The van der Waals surface area contributed by atoms with E-state index in [1.54, 1.807) is 20.9 Å². The molecule has 0 bridgehead atoms. The van der Waals surface area contributed by atoms with Gasteiger partial charge >= 0.3 is 5.97 Å². The van der Waals surface area contributed by atoms with Crippen LogP contribution in [0.3, 0.4) is 0 Å². The van der Waals surface area contributed by atoms with E-state index >= 15 is 0 Å². The van der Waals surface area contributed by atoms with Crippen LogP contribution in [-0.2, 0) is 16.6 Å². The Bertz CT molecular complexity index is 2520. The summed E-state index contributed by atoms with van der Waals surface area (Å²) in [5, 5.41) is 42.2. The van der Waals surface area contributed by atoms with Gasteiger partial charge in [-0.25, -0.2) is 4.79 Å². The molecule has 1 heterocycles. The molecule has 0 spiro atoms. The van der Waals surface area contributed by atoms with Crippen LogP contribution in [0, 0.1) is 11.3 Å². The summed E-state index contributed by atoms with van der Waals surface area (Å²) in [7, 11) is 1.62. The van der Waals surface area contributed by atoms with Gasteiger partial charge in [-0.3, -0.25) is 28.8 Å². The van der Waals surface area contributed by atoms with Gasteiger partial charge in [0.05, 0.1) is 34.9 Å². The fraction of sp³-hybridized carbons (Fsp3) is 0.143. The van der Waals surface area contributed by atoms with Crippen molar-refractivity contribution in [2.45, 2.75) is 32.4 Å². The Morgan fingerprint density at radius 3 is 1.78 bits per heavy atom. The number of nitriles is 1. The largest absolute Gasteiger partial charge is 0.504 e. The lowest BCUT2D eigenvalue weighted by atomic mass is 10.1. The highest BCUT2D eigenvalue weighted by atomic mass is 16.5. The highest BCUT2D eigenvalue weighted by molar-refractivity contribution is 6.10. The van der Waals surface area contributed by atoms with Crippen molar-refractivity contribution in [1.29, 1.82) is 5.26 Å². The summed E-state index contributed by atoms with van der Waals surface area (Å²) in [4.78, 5) is 88.3. The van der Waals surface area contributed by atoms with E-state index < -0.39 is 65.7 Å². The number of aryl methyl sites for hydroxylation is 1. The van der Waals surface area contributed by atoms with Gasteiger partial charge < -0.3 is 51.8 Å². The third kappa shape index (κ3) is 10.7. The number of nitrogens with one attached hydrogen (secondary N) is 5. The molecular weight excluding hydrogens is 777 g/mol. The van der Waals surface area contributed by atoms with Crippen molar-refractivity contribution in [2.75, 3.05) is 21.3 Å². The first-order chi connectivity index (χ1) is 28.5. The Labute approximate surface area is 342 Å². The molecule has 18 heteroatoms. The second kappa shape index (κ2) is 18.7. The van der Waals surface area contributed by atoms with Gasteiger partial charge in [0.1, 0.15) is 17.8 Å². The van der Waals surface area contributed by atoms with E-state index in [-0.39, 0.29) is 50.8 Å². The number of aromatic nitrogens is 1. The minimum atomic E-state index is -1.39. The number of ether oxygens (including phenoxy) is 1. The maximum Gasteiger partial charge on any atom is 0.335 e. The average Bonchev–Trinajstić information content (AvgIpc) is 3.60. The van der Waals surface area contributed by atoms with Crippen molar-refractivity contribution in [2.24, 2.45) is 12.8 Å². The van der Waals surface area contributed by atoms with Crippen molar-refractivity contribution in [3.05, 3.63) is 131 Å². The molecule has 9 N–H and O–H groups in total. The number of hydrogen-bond acceptors (Lipinski definition) is 10. The molecule has 0 aliphatic heterocycles. The number of primary amides is 1. The number of benzene rings is 4. The number of anilines is 4. The molecule has 0 saturated carbocycles. The molecule has 0 unspecified atom stereocenters. The predicted octanol–water partition coefficient (Wildman–Crippen LogP) is 4.46. The summed E-state index contributed by atoms with van der Waals surface area (Å²) in [6, 6.07) is 21.3. The second-order valence-electron chi connectivity index (χ2n) is 13.4. The van der Waals surface area contributed by atoms with Gasteiger partial charge in [-0.1, -0.05) is 0 Å². The zero-order valence-corrected chi connectivity index (χ0v) is 32.2. The van der Waals surface area contributed by atoms with Crippen LogP contribution in [-0.4, -0.2) is 68.3 Å². The fourth-order valence-electron chi connectivity index (χ4n) is 5.63. The van der Waals surface area contributed by atoms with Gasteiger partial charge in [0.25, 0.3) is 23.6 Å². The molecule has 18 nitrogen and oxygen atoms in total. The molecule has 0 aliphatic carbocycles. The van der Waals surface area contributed by atoms with E-state index in [0.717, 1.165) is 0 Å². The molecule has 60 heavy (non-hydrogen) atoms. The molecule has 0 aliphatic rings. The van der Waals surface area contributed by atoms with Gasteiger partial charge in [-0.2, -0.15) is 5.26 Å². The Morgan fingerprint density at radius 2 is 1.27 bits per heavy atom. The van der Waals surface area contributed by atoms with Crippen LogP contribution in [0.4, 0.5) is 22.7 Å². The summed E-state index contributed by atoms with van der Waals surface area (Å²) < 4.78 is 7.26. The lowest BCUT2D eigenvalue weighted by Gasteiger charge is -2.19. The minimum absolute atomic E-state index is 0.0195. The van der Waals surface area contributed by atoms with Crippen LogP contribution >= 0.6 is 0 Å². The van der Waals surface area contributed by atoms with E-state index in [1.165, 1.54) is 102 Å². The maximum absolute atomic E-state index is 13.3. The van der Waals surface area contributed by atoms with Crippen LogP contribution in [0.25, 0.3) is 0 Å². The molecule has 0 radical (unpaired) electrons. The molecular formula is C42H38N8O10. The number of nitrogens with two attached hydrogens (primary N) is 1. The van der Waals surface area contributed by atoms with Gasteiger partial charge in [0.2, 0.25) is 11.8 Å². The van der Waals surface area contributed by atoms with Crippen LogP contribution in [0.1, 0.15) is 77.8 Å². The normalized spacial score (nSPS) is 11.1. The molecule has 6 amide bonds. The van der Waals surface area contributed by atoms with E-state index in [9.17, 15) is 38.7 Å². The van der Waals surface area contributed by atoms with Crippen molar-refractivity contribution >= 4 is 64.2 Å². The average molecular weight is 815 g/mol. The van der Waals surface area contributed by atoms with E-state index in [1.807, 2.05) is 6.07 Å². The first kappa shape index (κ1) is 42.7. The highest BCUT2D eigenvalue weighted by Crippen LogP contribution is 2.39. The van der Waals surface area contributed by atoms with Gasteiger partial charge in [-0.15, -0.1) is 0 Å². The number of nitrogens with zero attached hydrogens (tertiary/aromatic N) is 2. The lowest BCUT2D eigenvalue weighted by molar-refractivity contribution is -0.123. The molecule has 0 fully saturated rings. The van der Waals surface area contributed by atoms with Crippen molar-refractivity contribution in [3.63, 3.8) is 0 Å². The van der Waals surface area contributed by atoms with Gasteiger partial charge in [0, 0.05) is 41.4 Å². The standard InChI is InChI=1S/C42H38N8O10/c1-22(2)60-36-31(17-16-30(35(36)52)39(55)45-27-14-8-26(9-15-27)42(58)59)48-37(53)24-4-10-28(11-5-24)46-40(56)32(19-34(44)51)49-38(54)25-6-12-29(13-7-25)47-41(57)33-18-23(20-43)21-50(33)3/h4-18,21-22,32,52H,19H2,1-3H3,(H2,44,51)(H,45,55)(H,46,56)(H,47,57)(H,48,53)(H,49,54)(H,58,59)/t32-/m0/s1. The number of carboxylic acid groups (broad SMARTS) is 1. The smallest absolute Gasteiger partial charge is 0.335 e. The number of amides is 6. The summed E-state index contributed by atoms with van der Waals surface area (Å²) in [6.07, 6.45) is 0.482. The van der Waals surface area contributed by atoms with Gasteiger partial charge in [0.15, 0.2) is 11.5 Å². The van der Waals surface area contributed by atoms with Crippen LogP contribution in [0.15, 0.2) is 97.2 Å². The lowest BCUT2D eigenvalue weighted by Crippen LogP contribution is -2.46. The number of carbonyl (C=O) groups is 7. The SMILES string of the molecule is CC(C)Oc1c(NC(=O)c2ccc(NC(=O)[C@H](CC(N)=O)NC(=O)c3ccc(NC(=O)c4cc(C#N)cn4C)cc3)cc2)ccc(C(=O)Nc2ccc(C(=O)O)cc2)c1O. The predicted molar refractivity (Wildman–Crippen MR) is 218 cm³/mol. The Kier molecular flexibility index (Phi) is 13.3. The number of phenols is 1. The number of aromatic carboxylic acids is 1. The number of carbonyl (C=O) groups excluding carboxylic acids is 6. The van der Waals surface area contributed by atoms with E-state index in [4.69, 9.17) is 20.8 Å². The van der Waals surface area contributed by atoms with Crippen LogP contribution < -0.4 is 37.1 Å². The monoisotopic (exact) mass is 814 g/mol. The summed E-state index contributed by atoms with van der Waals surface area (Å²) in [6.45, 7) is 3.35. The third-order valence-corrected chi connectivity index (χ3v) is 8.58. The summed E-state index contributed by atoms with van der Waals surface area (Å²) in [5.41, 5.74) is 6.86. The van der Waals surface area contributed by atoms with Crippen LogP contribution in [0.5, 0.6) is 11.5 Å². The number of aromatic hydroxyl groups is 1. The molecule has 4 aromatic carbocycles. The Balaban J connectivity index is 1.22. The summed E-state index contributed by atoms with van der Waals surface area (Å²) >= 11 is 0. The number of carboxylic acids is 1. The summed E-state index contributed by atoms with van der Waals surface area (Å²) in [5.74, 6) is -6.08. The maximum atomic E-state index is 13.3. The van der Waals surface area contributed by atoms with Gasteiger partial charge in [-0.05, 0) is 105 Å². The zero-order chi connectivity index (χ0) is 43.7.